The normalized spacial score (nSPS) is 10.9. The predicted octanol–water partition coefficient (Wildman–Crippen LogP) is 6.10. The molecule has 9 heteroatoms. The highest BCUT2D eigenvalue weighted by atomic mass is 79.9. The summed E-state index contributed by atoms with van der Waals surface area (Å²) in [7, 11) is 0. The minimum Gasteiger partial charge on any atom is -0.490 e. The van der Waals surface area contributed by atoms with Crippen LogP contribution in [0.25, 0.3) is 11.6 Å². The number of aromatic carboxylic acids is 1. The van der Waals surface area contributed by atoms with Crippen LogP contribution in [-0.2, 0) is 6.61 Å². The SMILES string of the molecule is CCOc1cc(/C=C(/C#N)c2ccc(C(=O)O)cc2)c(Br)cc1OCc1ccc([N+](=O)[O-])cc1. The third-order valence-electron chi connectivity index (χ3n) is 4.77. The van der Waals surface area contributed by atoms with E-state index in [-0.39, 0.29) is 17.9 Å². The van der Waals surface area contributed by atoms with E-state index in [2.05, 4.69) is 22.0 Å². The lowest BCUT2D eigenvalue weighted by molar-refractivity contribution is -0.384. The van der Waals surface area contributed by atoms with E-state index in [1.165, 1.54) is 24.3 Å². The molecule has 3 aromatic rings. The van der Waals surface area contributed by atoms with Gasteiger partial charge in [-0.1, -0.05) is 28.1 Å². The van der Waals surface area contributed by atoms with Gasteiger partial charge >= 0.3 is 5.97 Å². The highest BCUT2D eigenvalue weighted by Crippen LogP contribution is 2.36. The molecule has 0 aromatic heterocycles. The Morgan fingerprint density at radius 1 is 1.09 bits per heavy atom. The van der Waals surface area contributed by atoms with Crippen LogP contribution in [0.3, 0.4) is 0 Å². The standard InChI is InChI=1S/C25H19BrN2O6/c1-2-33-23-12-19(11-20(14-27)17-5-7-18(8-6-17)25(29)30)22(26)13-24(23)34-15-16-3-9-21(10-4-16)28(31)32/h3-13H,2,15H2,1H3,(H,29,30)/b20-11-. The average molecular weight is 523 g/mol. The number of rotatable bonds is 9. The summed E-state index contributed by atoms with van der Waals surface area (Å²) in [4.78, 5) is 21.4. The summed E-state index contributed by atoms with van der Waals surface area (Å²) < 4.78 is 12.3. The number of ether oxygens (including phenoxy) is 2. The summed E-state index contributed by atoms with van der Waals surface area (Å²) in [5.41, 5.74) is 2.49. The smallest absolute Gasteiger partial charge is 0.335 e. The molecule has 3 aromatic carbocycles. The van der Waals surface area contributed by atoms with Crippen molar-refractivity contribution < 1.29 is 24.3 Å². The zero-order valence-electron chi connectivity index (χ0n) is 18.0. The zero-order chi connectivity index (χ0) is 24.7. The maximum atomic E-state index is 11.1. The molecule has 0 aliphatic heterocycles. The second kappa shape index (κ2) is 11.1. The van der Waals surface area contributed by atoms with E-state index in [0.717, 1.165) is 5.56 Å². The lowest BCUT2D eigenvalue weighted by Gasteiger charge is -2.14. The lowest BCUT2D eigenvalue weighted by Crippen LogP contribution is -2.01. The Balaban J connectivity index is 1.87. The Bertz CT molecular complexity index is 1280. The van der Waals surface area contributed by atoms with Gasteiger partial charge in [-0.25, -0.2) is 4.79 Å². The number of non-ortho nitro benzene ring substituents is 1. The first kappa shape index (κ1) is 24.5. The summed E-state index contributed by atoms with van der Waals surface area (Å²) in [5.74, 6) is -0.103. The monoisotopic (exact) mass is 522 g/mol. The van der Waals surface area contributed by atoms with E-state index in [4.69, 9.17) is 14.6 Å². The highest BCUT2D eigenvalue weighted by Gasteiger charge is 2.13. The molecule has 0 atom stereocenters. The van der Waals surface area contributed by atoms with Gasteiger partial charge in [0, 0.05) is 16.6 Å². The molecule has 0 saturated carbocycles. The number of hydrogen-bond acceptors (Lipinski definition) is 6. The molecule has 1 N–H and O–H groups in total. The number of carbonyl (C=O) groups is 1. The van der Waals surface area contributed by atoms with Crippen LogP contribution >= 0.6 is 15.9 Å². The minimum absolute atomic E-state index is 0.00328. The van der Waals surface area contributed by atoms with E-state index in [9.17, 15) is 20.2 Å². The van der Waals surface area contributed by atoms with Gasteiger partial charge in [0.25, 0.3) is 5.69 Å². The van der Waals surface area contributed by atoms with Crippen molar-refractivity contribution in [1.82, 2.24) is 0 Å². The maximum Gasteiger partial charge on any atom is 0.335 e. The van der Waals surface area contributed by atoms with Gasteiger partial charge in [-0.3, -0.25) is 10.1 Å². The summed E-state index contributed by atoms with van der Waals surface area (Å²) in [6.07, 6.45) is 1.67. The van der Waals surface area contributed by atoms with Crippen LogP contribution in [0, 0.1) is 21.4 Å². The van der Waals surface area contributed by atoms with Gasteiger partial charge in [0.1, 0.15) is 6.61 Å². The first-order valence-electron chi connectivity index (χ1n) is 10.1. The first-order valence-corrected chi connectivity index (χ1v) is 10.9. The predicted molar refractivity (Wildman–Crippen MR) is 130 cm³/mol. The van der Waals surface area contributed by atoms with Gasteiger partial charge in [0.15, 0.2) is 11.5 Å². The van der Waals surface area contributed by atoms with Crippen molar-refractivity contribution in [3.8, 4) is 17.6 Å². The fraction of sp³-hybridized carbons (Fsp3) is 0.120. The average Bonchev–Trinajstić information content (AvgIpc) is 2.83. The fourth-order valence-corrected chi connectivity index (χ4v) is 3.48. The summed E-state index contributed by atoms with van der Waals surface area (Å²) in [6, 6.07) is 17.7. The van der Waals surface area contributed by atoms with Gasteiger partial charge in [-0.15, -0.1) is 0 Å². The minimum atomic E-state index is -1.04. The Morgan fingerprint density at radius 3 is 2.26 bits per heavy atom. The van der Waals surface area contributed by atoms with Crippen molar-refractivity contribution in [3.05, 3.63) is 97.5 Å². The number of allylic oxidation sites excluding steroid dienone is 1. The van der Waals surface area contributed by atoms with Crippen LogP contribution < -0.4 is 9.47 Å². The number of nitro groups is 1. The van der Waals surface area contributed by atoms with Crippen LogP contribution in [0.4, 0.5) is 5.69 Å². The van der Waals surface area contributed by atoms with Gasteiger partial charge < -0.3 is 14.6 Å². The number of nitriles is 1. The lowest BCUT2D eigenvalue weighted by atomic mass is 10.0. The molecule has 0 spiro atoms. The molecule has 0 heterocycles. The quantitative estimate of drug-likeness (QED) is 0.156. The molecular weight excluding hydrogens is 504 g/mol. The molecule has 0 radical (unpaired) electrons. The van der Waals surface area contributed by atoms with E-state index in [1.54, 1.807) is 42.5 Å². The van der Waals surface area contributed by atoms with Crippen LogP contribution in [0.5, 0.6) is 11.5 Å². The number of hydrogen-bond donors (Lipinski definition) is 1. The first-order chi connectivity index (χ1) is 16.3. The number of carboxylic acids is 1. The summed E-state index contributed by atoms with van der Waals surface area (Å²) >= 11 is 3.50. The molecule has 0 aliphatic rings. The maximum absolute atomic E-state index is 11.1. The van der Waals surface area contributed by atoms with E-state index in [0.29, 0.717) is 39.3 Å². The molecule has 172 valence electrons. The molecule has 34 heavy (non-hydrogen) atoms. The number of nitro benzene ring substituents is 1. The van der Waals surface area contributed by atoms with Crippen LogP contribution in [0.2, 0.25) is 0 Å². The van der Waals surface area contributed by atoms with Crippen molar-refractivity contribution in [2.45, 2.75) is 13.5 Å². The molecular formula is C25H19BrN2O6. The van der Waals surface area contributed by atoms with Gasteiger partial charge in [-0.05, 0) is 66.1 Å². The van der Waals surface area contributed by atoms with Crippen LogP contribution in [-0.4, -0.2) is 22.6 Å². The number of carboxylic acid groups (broad SMARTS) is 1. The van der Waals surface area contributed by atoms with Gasteiger partial charge in [0.05, 0.1) is 28.7 Å². The van der Waals surface area contributed by atoms with Crippen LogP contribution in [0.15, 0.2) is 65.1 Å². The number of nitrogens with zero attached hydrogens (tertiary/aromatic N) is 2. The fourth-order valence-electron chi connectivity index (χ4n) is 3.05. The molecule has 0 saturated heterocycles. The molecule has 0 aliphatic carbocycles. The Labute approximate surface area is 204 Å². The van der Waals surface area contributed by atoms with Gasteiger partial charge in [-0.2, -0.15) is 5.26 Å². The Hall–Kier alpha value is -4.16. The van der Waals surface area contributed by atoms with E-state index >= 15 is 0 Å². The van der Waals surface area contributed by atoms with Crippen molar-refractivity contribution in [3.63, 3.8) is 0 Å². The molecule has 0 fully saturated rings. The van der Waals surface area contributed by atoms with Crippen molar-refractivity contribution in [1.29, 1.82) is 5.26 Å². The zero-order valence-corrected chi connectivity index (χ0v) is 19.6. The number of benzene rings is 3. The Kier molecular flexibility index (Phi) is 8.01. The largest absolute Gasteiger partial charge is 0.490 e. The third kappa shape index (κ3) is 5.99. The molecule has 3 rings (SSSR count). The van der Waals surface area contributed by atoms with E-state index < -0.39 is 10.9 Å². The Morgan fingerprint density at radius 2 is 1.71 bits per heavy atom. The topological polar surface area (TPSA) is 123 Å². The van der Waals surface area contributed by atoms with Crippen molar-refractivity contribution >= 4 is 39.2 Å². The van der Waals surface area contributed by atoms with Crippen molar-refractivity contribution in [2.24, 2.45) is 0 Å². The summed E-state index contributed by atoms with van der Waals surface area (Å²) in [5, 5.41) is 29.5. The molecule has 0 amide bonds. The van der Waals surface area contributed by atoms with E-state index in [1.807, 2.05) is 6.92 Å². The highest BCUT2D eigenvalue weighted by molar-refractivity contribution is 9.10. The second-order valence-corrected chi connectivity index (χ2v) is 7.87. The second-order valence-electron chi connectivity index (χ2n) is 7.02. The molecule has 0 unspecified atom stereocenters. The molecule has 0 bridgehead atoms. The molecule has 8 nitrogen and oxygen atoms in total. The third-order valence-corrected chi connectivity index (χ3v) is 5.45. The number of halogens is 1. The van der Waals surface area contributed by atoms with Gasteiger partial charge in [0.2, 0.25) is 0 Å². The summed E-state index contributed by atoms with van der Waals surface area (Å²) in [6.45, 7) is 2.40. The van der Waals surface area contributed by atoms with Crippen LogP contribution in [0.1, 0.15) is 34.0 Å². The van der Waals surface area contributed by atoms with Crippen molar-refractivity contribution in [2.75, 3.05) is 6.61 Å².